The van der Waals surface area contributed by atoms with E-state index in [-0.39, 0.29) is 6.04 Å². The molecule has 0 radical (unpaired) electrons. The van der Waals surface area contributed by atoms with E-state index >= 15 is 0 Å². The number of rotatable bonds is 5. The molecule has 0 amide bonds. The number of fused-ring (bicyclic) bond motifs is 2. The number of nitrogens with zero attached hydrogens (tertiary/aromatic N) is 4. The minimum Gasteiger partial charge on any atom is -0.381 e. The number of nitrogens with one attached hydrogen (secondary N) is 1. The zero-order valence-electron chi connectivity index (χ0n) is 22.2. The molecule has 1 aromatic heterocycles. The highest BCUT2D eigenvalue weighted by Gasteiger charge is 2.21. The fourth-order valence-corrected chi connectivity index (χ4v) is 5.41. The second kappa shape index (κ2) is 10.4. The van der Waals surface area contributed by atoms with Gasteiger partial charge in [-0.15, -0.1) is 0 Å². The summed E-state index contributed by atoms with van der Waals surface area (Å²) in [6.07, 6.45) is 8.19. The summed E-state index contributed by atoms with van der Waals surface area (Å²) in [6, 6.07) is 23.7. The predicted molar refractivity (Wildman–Crippen MR) is 153 cm³/mol. The summed E-state index contributed by atoms with van der Waals surface area (Å²) in [5.74, 6) is 0. The highest BCUT2D eigenvalue weighted by atomic mass is 16.5. The van der Waals surface area contributed by atoms with Crippen molar-refractivity contribution in [3.63, 3.8) is 0 Å². The maximum Gasteiger partial charge on any atom is 0.0900 e. The lowest BCUT2D eigenvalue weighted by Crippen LogP contribution is -2.25. The van der Waals surface area contributed by atoms with Crippen molar-refractivity contribution in [2.75, 3.05) is 12.4 Å². The highest BCUT2D eigenvalue weighted by molar-refractivity contribution is 5.84. The summed E-state index contributed by atoms with van der Waals surface area (Å²) in [5, 5.41) is 4.54. The minimum atomic E-state index is 0.260. The van der Waals surface area contributed by atoms with Crippen LogP contribution in [0.15, 0.2) is 84.1 Å². The summed E-state index contributed by atoms with van der Waals surface area (Å²) >= 11 is 0. The Kier molecular flexibility index (Phi) is 6.64. The Morgan fingerprint density at radius 2 is 1.68 bits per heavy atom. The summed E-state index contributed by atoms with van der Waals surface area (Å²) in [4.78, 5) is 14.8. The number of ether oxygens (including phenoxy) is 1. The molecule has 2 heterocycles. The van der Waals surface area contributed by atoms with Crippen molar-refractivity contribution in [1.82, 2.24) is 14.5 Å². The van der Waals surface area contributed by atoms with Gasteiger partial charge in [-0.1, -0.05) is 29.8 Å². The average Bonchev–Trinajstić information content (AvgIpc) is 2.93. The molecule has 6 heteroatoms. The van der Waals surface area contributed by atoms with Gasteiger partial charge < -0.3 is 14.6 Å². The third-order valence-corrected chi connectivity index (χ3v) is 7.44. The number of benzene rings is 3. The van der Waals surface area contributed by atoms with Crippen LogP contribution in [0.25, 0.3) is 28.1 Å². The summed E-state index contributed by atoms with van der Waals surface area (Å²) < 4.78 is 7.90. The molecule has 0 unspecified atom stereocenters. The Labute approximate surface area is 223 Å². The fraction of sp³-hybridized carbons (Fsp3) is 0.281. The third-order valence-electron chi connectivity index (χ3n) is 7.44. The van der Waals surface area contributed by atoms with Gasteiger partial charge in [0, 0.05) is 19.0 Å². The zero-order chi connectivity index (χ0) is 26.1. The van der Waals surface area contributed by atoms with Crippen LogP contribution in [-0.4, -0.2) is 33.8 Å². The molecule has 3 aromatic rings. The molecular weight excluding hydrogens is 470 g/mol. The SMILES string of the molecule is COC1CCC(/N=c2\cc3n(-c4ccc(C)cc4)c4ccccc4nc-3cc2Nc2cncc(C)c2)CC1. The number of para-hydroxylation sites is 2. The molecule has 2 aliphatic carbocycles. The molecule has 1 aliphatic heterocycles. The van der Waals surface area contributed by atoms with E-state index in [1.54, 1.807) is 0 Å². The van der Waals surface area contributed by atoms with Crippen LogP contribution in [0.1, 0.15) is 36.8 Å². The van der Waals surface area contributed by atoms with Crippen molar-refractivity contribution in [3.05, 3.63) is 95.6 Å². The van der Waals surface area contributed by atoms with Crippen LogP contribution < -0.4 is 10.7 Å². The van der Waals surface area contributed by atoms with Gasteiger partial charge in [0.15, 0.2) is 0 Å². The van der Waals surface area contributed by atoms with Gasteiger partial charge in [0.05, 0.1) is 57.5 Å². The maximum atomic E-state index is 5.60. The summed E-state index contributed by atoms with van der Waals surface area (Å²) in [6.45, 7) is 4.17. The van der Waals surface area contributed by atoms with E-state index in [1.807, 2.05) is 25.6 Å². The van der Waals surface area contributed by atoms with Crippen molar-refractivity contribution in [1.29, 1.82) is 0 Å². The largest absolute Gasteiger partial charge is 0.381 e. The van der Waals surface area contributed by atoms with Crippen LogP contribution in [0.3, 0.4) is 0 Å². The van der Waals surface area contributed by atoms with E-state index in [0.717, 1.165) is 76.1 Å². The van der Waals surface area contributed by atoms with E-state index < -0.39 is 0 Å². The van der Waals surface area contributed by atoms with E-state index in [0.29, 0.717) is 6.10 Å². The molecule has 192 valence electrons. The molecule has 2 aromatic carbocycles. The van der Waals surface area contributed by atoms with Crippen molar-refractivity contribution >= 4 is 22.4 Å². The number of hydrogen-bond acceptors (Lipinski definition) is 5. The first kappa shape index (κ1) is 24.3. The molecular formula is C32H33N5O. The van der Waals surface area contributed by atoms with Gasteiger partial charge in [-0.3, -0.25) is 9.98 Å². The zero-order valence-corrected chi connectivity index (χ0v) is 22.2. The normalized spacial score (nSPS) is 18.2. The maximum absolute atomic E-state index is 5.60. The van der Waals surface area contributed by atoms with Gasteiger partial charge in [-0.25, -0.2) is 4.98 Å². The van der Waals surface area contributed by atoms with E-state index in [4.69, 9.17) is 14.7 Å². The molecule has 1 saturated carbocycles. The minimum absolute atomic E-state index is 0.260. The standard InChI is InChI=1S/C32H33N5O/c1-21-8-12-25(13-9-21)37-31-7-5-4-6-27(31)36-30-17-28(35-24-16-22(2)19-33-20-24)29(18-32(30)37)34-23-10-14-26(38-3)15-11-23/h4-9,12-13,16-20,23,26,35H,10-11,14-15H2,1-3H3/b34-29+. The molecule has 0 spiro atoms. The molecule has 1 fully saturated rings. The molecule has 0 bridgehead atoms. The van der Waals surface area contributed by atoms with Gasteiger partial charge in [0.2, 0.25) is 0 Å². The lowest BCUT2D eigenvalue weighted by atomic mass is 9.93. The van der Waals surface area contributed by atoms with Gasteiger partial charge in [-0.2, -0.15) is 0 Å². The lowest BCUT2D eigenvalue weighted by molar-refractivity contribution is 0.0663. The fourth-order valence-electron chi connectivity index (χ4n) is 5.41. The third kappa shape index (κ3) is 4.92. The Bertz CT molecular complexity index is 1610. The molecule has 6 nitrogen and oxygen atoms in total. The van der Waals surface area contributed by atoms with Gasteiger partial charge in [0.25, 0.3) is 0 Å². The van der Waals surface area contributed by atoms with Crippen molar-refractivity contribution in [2.45, 2.75) is 51.7 Å². The second-order valence-electron chi connectivity index (χ2n) is 10.3. The Morgan fingerprint density at radius 1 is 0.895 bits per heavy atom. The first-order valence-electron chi connectivity index (χ1n) is 13.4. The average molecular weight is 504 g/mol. The highest BCUT2D eigenvalue weighted by Crippen LogP contribution is 2.31. The number of anilines is 2. The van der Waals surface area contributed by atoms with Crippen molar-refractivity contribution in [2.24, 2.45) is 4.99 Å². The van der Waals surface area contributed by atoms with Crippen LogP contribution >= 0.6 is 0 Å². The van der Waals surface area contributed by atoms with Crippen LogP contribution in [-0.2, 0) is 4.74 Å². The van der Waals surface area contributed by atoms with E-state index in [1.165, 1.54) is 5.56 Å². The van der Waals surface area contributed by atoms with Crippen molar-refractivity contribution in [3.8, 4) is 17.1 Å². The van der Waals surface area contributed by atoms with Crippen molar-refractivity contribution < 1.29 is 4.74 Å². The van der Waals surface area contributed by atoms with E-state index in [9.17, 15) is 0 Å². The number of methoxy groups -OCH3 is 1. The molecule has 0 atom stereocenters. The van der Waals surface area contributed by atoms with Crippen LogP contribution in [0.4, 0.5) is 11.4 Å². The van der Waals surface area contributed by atoms with Gasteiger partial charge >= 0.3 is 0 Å². The summed E-state index contributed by atoms with van der Waals surface area (Å²) in [7, 11) is 1.81. The Balaban J connectivity index is 1.57. The van der Waals surface area contributed by atoms with E-state index in [2.05, 4.69) is 89.4 Å². The smallest absolute Gasteiger partial charge is 0.0900 e. The monoisotopic (exact) mass is 503 g/mol. The quantitative estimate of drug-likeness (QED) is 0.270. The topological polar surface area (TPSA) is 64.3 Å². The van der Waals surface area contributed by atoms with Gasteiger partial charge in [0.1, 0.15) is 0 Å². The molecule has 0 saturated heterocycles. The Morgan fingerprint density at radius 3 is 2.45 bits per heavy atom. The number of hydrogen-bond donors (Lipinski definition) is 1. The van der Waals surface area contributed by atoms with Crippen LogP contribution in [0, 0.1) is 13.8 Å². The van der Waals surface area contributed by atoms with Crippen LogP contribution in [0.5, 0.6) is 0 Å². The second-order valence-corrected chi connectivity index (χ2v) is 10.3. The number of pyridine rings is 1. The first-order chi connectivity index (χ1) is 18.6. The number of aromatic nitrogens is 3. The molecule has 3 aliphatic rings. The Hall–Kier alpha value is -4.03. The summed E-state index contributed by atoms with van der Waals surface area (Å²) in [5.41, 5.74) is 9.29. The molecule has 38 heavy (non-hydrogen) atoms. The first-order valence-corrected chi connectivity index (χ1v) is 13.4. The van der Waals surface area contributed by atoms with Gasteiger partial charge in [-0.05, 0) is 87.6 Å². The predicted octanol–water partition coefficient (Wildman–Crippen LogP) is 6.74. The number of aryl methyl sites for hydroxylation is 2. The lowest BCUT2D eigenvalue weighted by Gasteiger charge is -2.25. The van der Waals surface area contributed by atoms with Crippen LogP contribution in [0.2, 0.25) is 0 Å². The molecule has 6 rings (SSSR count). The molecule has 1 N–H and O–H groups in total.